The van der Waals surface area contributed by atoms with Gasteiger partial charge in [-0.3, -0.25) is 9.69 Å². The van der Waals surface area contributed by atoms with Crippen LogP contribution in [-0.4, -0.2) is 73.1 Å². The number of amides is 1. The lowest BCUT2D eigenvalue weighted by Crippen LogP contribution is -2.56. The largest absolute Gasteiger partial charge is 0.323 e. The van der Waals surface area contributed by atoms with E-state index in [0.29, 0.717) is 60.0 Å². The molecule has 1 N–H and O–H groups in total. The fourth-order valence-corrected chi connectivity index (χ4v) is 6.04. The smallest absolute Gasteiger partial charge is 0.282 e. The number of carbonyl (C=O) groups is 1. The number of nitrogens with one attached hydrogen (secondary N) is 1. The number of halogens is 3. The fourth-order valence-electron chi connectivity index (χ4n) is 3.78. The lowest BCUT2D eigenvalue weighted by molar-refractivity contribution is -0.121. The van der Waals surface area contributed by atoms with Gasteiger partial charge in [-0.05, 0) is 31.9 Å². The van der Waals surface area contributed by atoms with Crippen molar-refractivity contribution in [2.45, 2.75) is 38.6 Å². The molecule has 0 spiro atoms. The average molecular weight is 498 g/mol. The van der Waals surface area contributed by atoms with E-state index in [4.69, 9.17) is 34.8 Å². The number of benzene rings is 1. The van der Waals surface area contributed by atoms with Gasteiger partial charge in [0.15, 0.2) is 0 Å². The Morgan fingerprint density at radius 1 is 0.867 bits per heavy atom. The van der Waals surface area contributed by atoms with Crippen LogP contribution < -0.4 is 5.32 Å². The van der Waals surface area contributed by atoms with Crippen LogP contribution in [0.1, 0.15) is 32.6 Å². The molecule has 1 amide bonds. The molecule has 2 saturated heterocycles. The summed E-state index contributed by atoms with van der Waals surface area (Å²) in [5.74, 6) is -0.237. The summed E-state index contributed by atoms with van der Waals surface area (Å²) in [6.45, 7) is 4.67. The Kier molecular flexibility index (Phi) is 8.28. The van der Waals surface area contributed by atoms with Crippen molar-refractivity contribution in [2.75, 3.05) is 44.6 Å². The Morgan fingerprint density at radius 2 is 1.40 bits per heavy atom. The molecule has 11 heteroatoms. The average Bonchev–Trinajstić information content (AvgIpc) is 3.01. The first-order valence-corrected chi connectivity index (χ1v) is 12.7. The zero-order valence-electron chi connectivity index (χ0n) is 16.9. The minimum absolute atomic E-state index is 0.237. The van der Waals surface area contributed by atoms with Crippen molar-refractivity contribution in [3.8, 4) is 0 Å². The van der Waals surface area contributed by atoms with Crippen molar-refractivity contribution in [1.82, 2.24) is 13.5 Å². The van der Waals surface area contributed by atoms with Crippen LogP contribution in [0.25, 0.3) is 0 Å². The first kappa shape index (κ1) is 24.0. The number of hydrogen-bond donors (Lipinski definition) is 1. The summed E-state index contributed by atoms with van der Waals surface area (Å²) in [6, 6.07) is 2.55. The first-order chi connectivity index (χ1) is 14.2. The number of anilines is 1. The van der Waals surface area contributed by atoms with E-state index >= 15 is 0 Å². The normalized spacial score (nSPS) is 21.2. The zero-order valence-corrected chi connectivity index (χ0v) is 20.0. The van der Waals surface area contributed by atoms with Gasteiger partial charge in [-0.25, -0.2) is 0 Å². The van der Waals surface area contributed by atoms with E-state index in [2.05, 4.69) is 5.32 Å². The summed E-state index contributed by atoms with van der Waals surface area (Å²) in [4.78, 5) is 14.7. The van der Waals surface area contributed by atoms with Crippen molar-refractivity contribution in [3.05, 3.63) is 27.2 Å². The highest BCUT2D eigenvalue weighted by Gasteiger charge is 2.34. The van der Waals surface area contributed by atoms with E-state index in [9.17, 15) is 13.2 Å². The Hall–Kier alpha value is -0.610. The van der Waals surface area contributed by atoms with Crippen LogP contribution in [0.3, 0.4) is 0 Å². The van der Waals surface area contributed by atoms with Gasteiger partial charge in [0.1, 0.15) is 0 Å². The van der Waals surface area contributed by atoms with Gasteiger partial charge in [0, 0.05) is 39.3 Å². The molecule has 0 aliphatic carbocycles. The molecule has 3 rings (SSSR count). The molecule has 2 aliphatic heterocycles. The first-order valence-electron chi connectivity index (χ1n) is 10.1. The summed E-state index contributed by atoms with van der Waals surface area (Å²) < 4.78 is 29.1. The topological polar surface area (TPSA) is 73.0 Å². The summed E-state index contributed by atoms with van der Waals surface area (Å²) in [5.41, 5.74) is 0.394. The number of rotatable bonds is 5. The molecule has 2 heterocycles. The molecule has 30 heavy (non-hydrogen) atoms. The second kappa shape index (κ2) is 10.3. The molecular weight excluding hydrogens is 471 g/mol. The van der Waals surface area contributed by atoms with Gasteiger partial charge in [0.25, 0.3) is 10.2 Å². The molecule has 0 saturated carbocycles. The molecule has 168 valence electrons. The third-order valence-electron chi connectivity index (χ3n) is 5.69. The number of hydrogen-bond acceptors (Lipinski definition) is 4. The summed E-state index contributed by atoms with van der Waals surface area (Å²) >= 11 is 18.1. The van der Waals surface area contributed by atoms with E-state index in [1.807, 2.05) is 4.90 Å². The van der Waals surface area contributed by atoms with Crippen LogP contribution in [0.4, 0.5) is 5.69 Å². The predicted molar refractivity (Wildman–Crippen MR) is 122 cm³/mol. The SMILES string of the molecule is CC(C(=O)Nc1cc(Cl)c(Cl)cc1Cl)N1CCN(S(=O)(=O)N2CCCCCC2)CC1. The van der Waals surface area contributed by atoms with Crippen molar-refractivity contribution in [2.24, 2.45) is 0 Å². The van der Waals surface area contributed by atoms with E-state index in [-0.39, 0.29) is 5.91 Å². The van der Waals surface area contributed by atoms with E-state index in [1.165, 1.54) is 16.4 Å². The van der Waals surface area contributed by atoms with Gasteiger partial charge in [0.05, 0.1) is 26.8 Å². The van der Waals surface area contributed by atoms with Crippen LogP contribution in [0, 0.1) is 0 Å². The van der Waals surface area contributed by atoms with E-state index in [1.54, 1.807) is 11.2 Å². The monoisotopic (exact) mass is 496 g/mol. The Bertz CT molecular complexity index is 868. The highest BCUT2D eigenvalue weighted by atomic mass is 35.5. The molecule has 0 aromatic heterocycles. The Morgan fingerprint density at radius 3 is 2.00 bits per heavy atom. The van der Waals surface area contributed by atoms with Gasteiger partial charge < -0.3 is 5.32 Å². The van der Waals surface area contributed by atoms with Gasteiger partial charge in [-0.15, -0.1) is 0 Å². The van der Waals surface area contributed by atoms with Gasteiger partial charge in [0.2, 0.25) is 5.91 Å². The highest BCUT2D eigenvalue weighted by Crippen LogP contribution is 2.32. The molecule has 1 aromatic rings. The number of piperazine rings is 1. The van der Waals surface area contributed by atoms with Crippen molar-refractivity contribution in [1.29, 1.82) is 0 Å². The Balaban J connectivity index is 1.57. The highest BCUT2D eigenvalue weighted by molar-refractivity contribution is 7.86. The van der Waals surface area contributed by atoms with Gasteiger partial charge >= 0.3 is 0 Å². The van der Waals surface area contributed by atoms with Crippen molar-refractivity contribution < 1.29 is 13.2 Å². The molecule has 1 unspecified atom stereocenters. The molecule has 1 aromatic carbocycles. The lowest BCUT2D eigenvalue weighted by Gasteiger charge is -2.38. The molecular formula is C19H27Cl3N4O3S. The molecule has 1 atom stereocenters. The molecule has 0 bridgehead atoms. The summed E-state index contributed by atoms with van der Waals surface area (Å²) in [6.07, 6.45) is 3.98. The number of nitrogens with zero attached hydrogens (tertiary/aromatic N) is 3. The summed E-state index contributed by atoms with van der Waals surface area (Å²) in [7, 11) is -3.45. The number of carbonyl (C=O) groups excluding carboxylic acids is 1. The molecule has 0 radical (unpaired) electrons. The third-order valence-corrected chi connectivity index (χ3v) is 8.76. The van der Waals surface area contributed by atoms with Gasteiger partial charge in [-0.2, -0.15) is 17.0 Å². The minimum atomic E-state index is -3.45. The maximum Gasteiger partial charge on any atom is 0.282 e. The third kappa shape index (κ3) is 5.59. The van der Waals surface area contributed by atoms with Crippen LogP contribution in [0.5, 0.6) is 0 Å². The van der Waals surface area contributed by atoms with Crippen molar-refractivity contribution >= 4 is 56.6 Å². The second-order valence-electron chi connectivity index (χ2n) is 7.67. The lowest BCUT2D eigenvalue weighted by atomic mass is 10.2. The van der Waals surface area contributed by atoms with Crippen LogP contribution in [0.2, 0.25) is 15.1 Å². The van der Waals surface area contributed by atoms with Gasteiger partial charge in [-0.1, -0.05) is 47.6 Å². The molecule has 7 nitrogen and oxygen atoms in total. The minimum Gasteiger partial charge on any atom is -0.323 e. The van der Waals surface area contributed by atoms with Crippen LogP contribution in [0.15, 0.2) is 12.1 Å². The summed E-state index contributed by atoms with van der Waals surface area (Å²) in [5, 5.41) is 3.70. The van der Waals surface area contributed by atoms with Crippen LogP contribution in [-0.2, 0) is 15.0 Å². The quantitative estimate of drug-likeness (QED) is 0.630. The molecule has 2 fully saturated rings. The maximum absolute atomic E-state index is 13.0. The van der Waals surface area contributed by atoms with E-state index < -0.39 is 16.3 Å². The zero-order chi connectivity index (χ0) is 21.9. The standard InChI is InChI=1S/C19H27Cl3N4O3S/c1-14(19(27)23-18-13-16(21)15(20)12-17(18)22)24-8-10-26(11-9-24)30(28,29)25-6-4-2-3-5-7-25/h12-14H,2-11H2,1H3,(H,23,27). The van der Waals surface area contributed by atoms with E-state index in [0.717, 1.165) is 25.7 Å². The second-order valence-corrected chi connectivity index (χ2v) is 10.8. The predicted octanol–water partition coefficient (Wildman–Crippen LogP) is 3.71. The fraction of sp³-hybridized carbons (Fsp3) is 0.632. The Labute approximate surface area is 193 Å². The maximum atomic E-state index is 13.0. The van der Waals surface area contributed by atoms with Crippen molar-refractivity contribution in [3.63, 3.8) is 0 Å². The molecule has 2 aliphatic rings. The van der Waals surface area contributed by atoms with Crippen LogP contribution >= 0.6 is 34.8 Å².